The van der Waals surface area contributed by atoms with Crippen LogP contribution in [-0.2, 0) is 14.3 Å². The molecule has 0 radical (unpaired) electrons. The summed E-state index contributed by atoms with van der Waals surface area (Å²) in [7, 11) is 0. The van der Waals surface area contributed by atoms with Crippen LogP contribution in [-0.4, -0.2) is 19.2 Å². The molecule has 0 aliphatic carbocycles. The quantitative estimate of drug-likeness (QED) is 0.327. The van der Waals surface area contributed by atoms with Gasteiger partial charge in [0.1, 0.15) is 0 Å². The van der Waals surface area contributed by atoms with Crippen molar-refractivity contribution in [3.05, 3.63) is 12.8 Å². The molecule has 0 aliphatic rings. The first-order valence-corrected chi connectivity index (χ1v) is 6.12. The maximum Gasteiger partial charge on any atom is 0.312 e. The highest BCUT2D eigenvalue weighted by Gasteiger charge is 2.06. The molecule has 0 aromatic rings. The average molecular weight is 228 g/mol. The number of hydrogen-bond donors (Lipinski definition) is 0. The summed E-state index contributed by atoms with van der Waals surface area (Å²) < 4.78 is 10.1. The summed E-state index contributed by atoms with van der Waals surface area (Å²) in [6.07, 6.45) is 6.28. The van der Waals surface area contributed by atoms with Crippen molar-refractivity contribution in [2.45, 2.75) is 46.0 Å². The Morgan fingerprint density at radius 1 is 1.44 bits per heavy atom. The van der Waals surface area contributed by atoms with Crippen molar-refractivity contribution in [2.75, 3.05) is 13.2 Å². The Hall–Kier alpha value is -0.830. The minimum absolute atomic E-state index is 0.281. The highest BCUT2D eigenvalue weighted by Crippen LogP contribution is 2.12. The Morgan fingerprint density at radius 3 is 2.75 bits per heavy atom. The molecule has 0 aromatic carbocycles. The van der Waals surface area contributed by atoms with E-state index < -0.39 is 0 Å². The normalized spacial score (nSPS) is 12.1. The van der Waals surface area contributed by atoms with Crippen LogP contribution in [0, 0.1) is 5.92 Å². The number of esters is 1. The third kappa shape index (κ3) is 8.48. The average Bonchev–Trinajstić information content (AvgIpc) is 2.28. The summed E-state index contributed by atoms with van der Waals surface area (Å²) in [5, 5.41) is 0. The molecule has 0 bridgehead atoms. The molecule has 0 heterocycles. The molecule has 0 fully saturated rings. The number of carbonyl (C=O) groups excluding carboxylic acids is 1. The monoisotopic (exact) mass is 228 g/mol. The summed E-state index contributed by atoms with van der Waals surface area (Å²) in [6.45, 7) is 8.88. The van der Waals surface area contributed by atoms with Crippen LogP contribution in [0.25, 0.3) is 0 Å². The van der Waals surface area contributed by atoms with Crippen LogP contribution in [0.3, 0.4) is 0 Å². The first kappa shape index (κ1) is 15.2. The zero-order chi connectivity index (χ0) is 12.2. The molecule has 0 spiro atoms. The van der Waals surface area contributed by atoms with Crippen molar-refractivity contribution in [1.82, 2.24) is 0 Å². The summed E-state index contributed by atoms with van der Waals surface area (Å²) in [5.41, 5.74) is 0. The van der Waals surface area contributed by atoms with Crippen LogP contribution >= 0.6 is 0 Å². The molecular weight excluding hydrogens is 204 g/mol. The van der Waals surface area contributed by atoms with Crippen LogP contribution in [0.1, 0.15) is 46.0 Å². The van der Waals surface area contributed by atoms with Crippen LogP contribution in [0.15, 0.2) is 12.8 Å². The lowest BCUT2D eigenvalue weighted by Gasteiger charge is -2.14. The van der Waals surface area contributed by atoms with Gasteiger partial charge in [-0.05, 0) is 12.3 Å². The van der Waals surface area contributed by atoms with E-state index in [0.717, 1.165) is 19.3 Å². The van der Waals surface area contributed by atoms with E-state index in [1.807, 2.05) is 0 Å². The van der Waals surface area contributed by atoms with E-state index in [-0.39, 0.29) is 5.97 Å². The topological polar surface area (TPSA) is 35.5 Å². The van der Waals surface area contributed by atoms with Gasteiger partial charge in [-0.1, -0.05) is 39.7 Å². The van der Waals surface area contributed by atoms with Crippen LogP contribution in [0.2, 0.25) is 0 Å². The van der Waals surface area contributed by atoms with E-state index >= 15 is 0 Å². The number of rotatable bonds is 10. The van der Waals surface area contributed by atoms with Crippen LogP contribution in [0.4, 0.5) is 0 Å². The van der Waals surface area contributed by atoms with Crippen molar-refractivity contribution < 1.29 is 14.3 Å². The molecule has 0 N–H and O–H groups in total. The summed E-state index contributed by atoms with van der Waals surface area (Å²) in [5.74, 6) is 0.340. The van der Waals surface area contributed by atoms with E-state index in [0.29, 0.717) is 18.9 Å². The Kier molecular flexibility index (Phi) is 10.1. The second-order valence-electron chi connectivity index (χ2n) is 3.90. The van der Waals surface area contributed by atoms with Crippen molar-refractivity contribution in [3.63, 3.8) is 0 Å². The molecule has 16 heavy (non-hydrogen) atoms. The SMILES string of the molecule is C=COC(=O)CCOC[C@H](CC)CCCC. The standard InChI is InChI=1S/C13H24O3/c1-4-7-8-12(5-2)11-15-10-9-13(14)16-6-3/h6,12H,3-5,7-11H2,1-2H3/t12-/m1/s1. The van der Waals surface area contributed by atoms with Gasteiger partial charge in [-0.15, -0.1) is 0 Å². The molecule has 0 amide bonds. The second-order valence-corrected chi connectivity index (χ2v) is 3.90. The van der Waals surface area contributed by atoms with Gasteiger partial charge in [0.2, 0.25) is 0 Å². The highest BCUT2D eigenvalue weighted by atomic mass is 16.5. The van der Waals surface area contributed by atoms with Gasteiger partial charge in [-0.3, -0.25) is 4.79 Å². The molecule has 3 heteroatoms. The predicted octanol–water partition coefficient (Wildman–Crippen LogP) is 3.30. The molecule has 0 saturated carbocycles. The molecule has 0 aromatic heterocycles. The number of carbonyl (C=O) groups is 1. The molecular formula is C13H24O3. The van der Waals surface area contributed by atoms with Crippen LogP contribution < -0.4 is 0 Å². The van der Waals surface area contributed by atoms with Gasteiger partial charge in [0.15, 0.2) is 0 Å². The van der Waals surface area contributed by atoms with Crippen molar-refractivity contribution in [1.29, 1.82) is 0 Å². The number of hydrogen-bond acceptors (Lipinski definition) is 3. The molecule has 3 nitrogen and oxygen atoms in total. The lowest BCUT2D eigenvalue weighted by molar-refractivity contribution is -0.139. The number of unbranched alkanes of at least 4 members (excludes halogenated alkanes) is 1. The molecule has 1 atom stereocenters. The third-order valence-corrected chi connectivity index (χ3v) is 2.56. The lowest BCUT2D eigenvalue weighted by Crippen LogP contribution is -2.12. The molecule has 94 valence electrons. The molecule has 0 saturated heterocycles. The minimum atomic E-state index is -0.281. The zero-order valence-corrected chi connectivity index (χ0v) is 10.5. The van der Waals surface area contributed by atoms with E-state index in [1.54, 1.807) is 0 Å². The summed E-state index contributed by atoms with van der Waals surface area (Å²) in [4.78, 5) is 11.0. The molecule has 0 aliphatic heterocycles. The third-order valence-electron chi connectivity index (χ3n) is 2.56. The fraction of sp³-hybridized carbons (Fsp3) is 0.769. The summed E-state index contributed by atoms with van der Waals surface area (Å²) >= 11 is 0. The first-order valence-electron chi connectivity index (χ1n) is 6.12. The second kappa shape index (κ2) is 10.7. The molecule has 0 rings (SSSR count). The van der Waals surface area contributed by atoms with Gasteiger partial charge < -0.3 is 9.47 Å². The fourth-order valence-electron chi connectivity index (χ4n) is 1.46. The van der Waals surface area contributed by atoms with Gasteiger partial charge in [-0.2, -0.15) is 0 Å². The smallest absolute Gasteiger partial charge is 0.312 e. The van der Waals surface area contributed by atoms with Gasteiger partial charge >= 0.3 is 5.97 Å². The Morgan fingerprint density at radius 2 is 2.19 bits per heavy atom. The zero-order valence-electron chi connectivity index (χ0n) is 10.5. The first-order chi connectivity index (χ1) is 7.74. The summed E-state index contributed by atoms with van der Waals surface area (Å²) in [6, 6.07) is 0. The van der Waals surface area contributed by atoms with E-state index in [1.165, 1.54) is 19.3 Å². The Labute approximate surface area is 98.8 Å². The van der Waals surface area contributed by atoms with Gasteiger partial charge in [0.05, 0.1) is 19.3 Å². The van der Waals surface area contributed by atoms with Crippen molar-refractivity contribution >= 4 is 5.97 Å². The Bertz CT molecular complexity index is 190. The van der Waals surface area contributed by atoms with Gasteiger partial charge in [0, 0.05) is 6.61 Å². The van der Waals surface area contributed by atoms with E-state index in [9.17, 15) is 4.79 Å². The van der Waals surface area contributed by atoms with Crippen LogP contribution in [0.5, 0.6) is 0 Å². The predicted molar refractivity (Wildman–Crippen MR) is 65.0 cm³/mol. The largest absolute Gasteiger partial charge is 0.435 e. The van der Waals surface area contributed by atoms with Gasteiger partial charge in [-0.25, -0.2) is 0 Å². The van der Waals surface area contributed by atoms with Gasteiger partial charge in [0.25, 0.3) is 0 Å². The lowest BCUT2D eigenvalue weighted by atomic mass is 10.0. The van der Waals surface area contributed by atoms with E-state index in [2.05, 4.69) is 25.2 Å². The maximum absolute atomic E-state index is 11.0. The molecule has 0 unspecified atom stereocenters. The Balaban J connectivity index is 3.46. The fourth-order valence-corrected chi connectivity index (χ4v) is 1.46. The van der Waals surface area contributed by atoms with Crippen molar-refractivity contribution in [2.24, 2.45) is 5.92 Å². The van der Waals surface area contributed by atoms with Crippen molar-refractivity contribution in [3.8, 4) is 0 Å². The minimum Gasteiger partial charge on any atom is -0.435 e. The number of ether oxygens (including phenoxy) is 2. The maximum atomic E-state index is 11.0. The van der Waals surface area contributed by atoms with E-state index in [4.69, 9.17) is 4.74 Å². The highest BCUT2D eigenvalue weighted by molar-refractivity contribution is 5.69.